The smallest absolute Gasteiger partial charge is 0.321 e. The first-order chi connectivity index (χ1) is 8.88. The minimum Gasteiger partial charge on any atom is -0.321 e. The molecule has 0 saturated heterocycles. The highest BCUT2D eigenvalue weighted by atomic mass is 79.9. The zero-order valence-corrected chi connectivity index (χ0v) is 11.7. The van der Waals surface area contributed by atoms with E-state index in [1.54, 1.807) is 16.8 Å². The van der Waals surface area contributed by atoms with Crippen molar-refractivity contribution in [1.29, 1.82) is 0 Å². The summed E-state index contributed by atoms with van der Waals surface area (Å²) in [6.07, 6.45) is -4.50. The Morgan fingerprint density at radius 3 is 2.58 bits per heavy atom. The van der Waals surface area contributed by atoms with Gasteiger partial charge in [0.1, 0.15) is 0 Å². The van der Waals surface area contributed by atoms with Gasteiger partial charge in [-0.3, -0.25) is 4.79 Å². The molecule has 2 rings (SSSR count). The van der Waals surface area contributed by atoms with Crippen LogP contribution in [0.1, 0.15) is 15.9 Å². The molecule has 2 aromatic rings. The Balaban J connectivity index is 2.28. The van der Waals surface area contributed by atoms with Crippen LogP contribution in [0.2, 0.25) is 0 Å². The van der Waals surface area contributed by atoms with Crippen LogP contribution in [0.25, 0.3) is 0 Å². The second kappa shape index (κ2) is 5.34. The molecule has 0 aliphatic carbocycles. The minimum atomic E-state index is -4.50. The zero-order valence-electron chi connectivity index (χ0n) is 9.29. The Labute approximate surface area is 119 Å². The van der Waals surface area contributed by atoms with Gasteiger partial charge in [-0.2, -0.15) is 24.5 Å². The lowest BCUT2D eigenvalue weighted by Crippen LogP contribution is -2.14. The van der Waals surface area contributed by atoms with E-state index in [4.69, 9.17) is 0 Å². The number of rotatable bonds is 2. The van der Waals surface area contributed by atoms with Crippen molar-refractivity contribution >= 4 is 38.9 Å². The molecule has 0 saturated carbocycles. The quantitative estimate of drug-likeness (QED) is 0.830. The fourth-order valence-corrected chi connectivity index (χ4v) is 2.48. The van der Waals surface area contributed by atoms with Crippen LogP contribution in [0.15, 0.2) is 39.5 Å². The van der Waals surface area contributed by atoms with E-state index in [1.807, 2.05) is 0 Å². The average molecular weight is 350 g/mol. The molecule has 7 heteroatoms. The van der Waals surface area contributed by atoms with E-state index in [0.717, 1.165) is 6.07 Å². The van der Waals surface area contributed by atoms with E-state index in [1.165, 1.54) is 23.5 Å². The van der Waals surface area contributed by atoms with Crippen LogP contribution < -0.4 is 5.32 Å². The number of benzene rings is 1. The van der Waals surface area contributed by atoms with Crippen molar-refractivity contribution in [3.63, 3.8) is 0 Å². The largest absolute Gasteiger partial charge is 0.417 e. The molecular weight excluding hydrogens is 343 g/mol. The summed E-state index contributed by atoms with van der Waals surface area (Å²) >= 11 is 4.21. The summed E-state index contributed by atoms with van der Waals surface area (Å²) in [5, 5.41) is 5.98. The molecule has 0 bridgehead atoms. The summed E-state index contributed by atoms with van der Waals surface area (Å²) in [5.74, 6) is -0.573. The molecule has 0 atom stereocenters. The summed E-state index contributed by atoms with van der Waals surface area (Å²) in [4.78, 5) is 11.8. The van der Waals surface area contributed by atoms with Crippen molar-refractivity contribution < 1.29 is 18.0 Å². The van der Waals surface area contributed by atoms with Crippen molar-refractivity contribution in [3.8, 4) is 0 Å². The van der Waals surface area contributed by atoms with Gasteiger partial charge in [0.25, 0.3) is 5.91 Å². The van der Waals surface area contributed by atoms with E-state index in [2.05, 4.69) is 21.2 Å². The lowest BCUT2D eigenvalue weighted by atomic mass is 10.1. The lowest BCUT2D eigenvalue weighted by molar-refractivity contribution is -0.138. The summed E-state index contributed by atoms with van der Waals surface area (Å²) in [6, 6.07) is 5.05. The van der Waals surface area contributed by atoms with Crippen LogP contribution in [0.5, 0.6) is 0 Å². The maximum atomic E-state index is 12.7. The van der Waals surface area contributed by atoms with Crippen LogP contribution >= 0.6 is 27.3 Å². The van der Waals surface area contributed by atoms with Crippen LogP contribution in [0.4, 0.5) is 18.9 Å². The normalized spacial score (nSPS) is 11.4. The SMILES string of the molecule is O=C(Nc1ccsc1)c1ccc(Br)c(C(F)(F)F)c1. The molecule has 19 heavy (non-hydrogen) atoms. The number of anilines is 1. The first-order valence-electron chi connectivity index (χ1n) is 5.08. The van der Waals surface area contributed by atoms with Crippen molar-refractivity contribution in [2.45, 2.75) is 6.18 Å². The monoisotopic (exact) mass is 349 g/mol. The first-order valence-corrected chi connectivity index (χ1v) is 6.82. The van der Waals surface area contributed by atoms with Crippen molar-refractivity contribution in [3.05, 3.63) is 50.6 Å². The van der Waals surface area contributed by atoms with Gasteiger partial charge in [0.05, 0.1) is 11.3 Å². The number of carbonyl (C=O) groups is 1. The van der Waals surface area contributed by atoms with Gasteiger partial charge in [0.2, 0.25) is 0 Å². The van der Waals surface area contributed by atoms with Gasteiger partial charge >= 0.3 is 6.18 Å². The highest BCUT2D eigenvalue weighted by Crippen LogP contribution is 2.35. The fraction of sp³-hybridized carbons (Fsp3) is 0.0833. The van der Waals surface area contributed by atoms with Gasteiger partial charge < -0.3 is 5.32 Å². The van der Waals surface area contributed by atoms with Gasteiger partial charge in [-0.15, -0.1) is 0 Å². The number of carbonyl (C=O) groups excluding carboxylic acids is 1. The zero-order chi connectivity index (χ0) is 14.0. The number of nitrogens with one attached hydrogen (secondary N) is 1. The second-order valence-corrected chi connectivity index (χ2v) is 5.29. The maximum Gasteiger partial charge on any atom is 0.417 e. The van der Waals surface area contributed by atoms with Crippen molar-refractivity contribution in [2.24, 2.45) is 0 Å². The molecule has 1 amide bonds. The summed E-state index contributed by atoms with van der Waals surface area (Å²) in [7, 11) is 0. The van der Waals surface area contributed by atoms with E-state index in [9.17, 15) is 18.0 Å². The minimum absolute atomic E-state index is 0.0401. The van der Waals surface area contributed by atoms with Crippen LogP contribution in [-0.4, -0.2) is 5.91 Å². The Morgan fingerprint density at radius 1 is 1.26 bits per heavy atom. The van der Waals surface area contributed by atoms with E-state index >= 15 is 0 Å². The molecule has 0 unspecified atom stereocenters. The topological polar surface area (TPSA) is 29.1 Å². The summed E-state index contributed by atoms with van der Waals surface area (Å²) < 4.78 is 38.0. The van der Waals surface area contributed by atoms with Crippen molar-refractivity contribution in [1.82, 2.24) is 0 Å². The van der Waals surface area contributed by atoms with Crippen LogP contribution in [-0.2, 0) is 6.18 Å². The Kier molecular flexibility index (Phi) is 3.96. The Bertz CT molecular complexity index is 596. The third kappa shape index (κ3) is 3.36. The standard InChI is InChI=1S/C12H7BrF3NOS/c13-10-2-1-7(5-9(10)12(14,15)16)11(18)17-8-3-4-19-6-8/h1-6H,(H,17,18). The van der Waals surface area contributed by atoms with Crippen LogP contribution in [0, 0.1) is 0 Å². The fourth-order valence-electron chi connectivity index (χ4n) is 1.42. The molecule has 0 aliphatic heterocycles. The molecule has 0 spiro atoms. The third-order valence-corrected chi connectivity index (χ3v) is 3.69. The Morgan fingerprint density at radius 2 is 2.00 bits per heavy atom. The predicted octanol–water partition coefficient (Wildman–Crippen LogP) is 4.78. The number of thiophene rings is 1. The maximum absolute atomic E-state index is 12.7. The van der Waals surface area contributed by atoms with Crippen LogP contribution in [0.3, 0.4) is 0 Å². The number of halogens is 4. The summed E-state index contributed by atoms with van der Waals surface area (Å²) in [5.41, 5.74) is -0.348. The van der Waals surface area contributed by atoms with Gasteiger partial charge in [-0.25, -0.2) is 0 Å². The molecule has 1 aromatic heterocycles. The average Bonchev–Trinajstić information content (AvgIpc) is 2.80. The molecule has 0 fully saturated rings. The molecule has 0 aliphatic rings. The number of hydrogen-bond donors (Lipinski definition) is 1. The molecule has 1 aromatic carbocycles. The van der Waals surface area contributed by atoms with Gasteiger partial charge in [-0.05, 0) is 29.6 Å². The molecule has 1 N–H and O–H groups in total. The molecule has 0 radical (unpaired) electrons. The number of hydrogen-bond acceptors (Lipinski definition) is 2. The molecular formula is C12H7BrF3NOS. The third-order valence-electron chi connectivity index (χ3n) is 2.31. The number of amides is 1. The summed E-state index contributed by atoms with van der Waals surface area (Å²) in [6.45, 7) is 0. The predicted molar refractivity (Wildman–Crippen MR) is 71.4 cm³/mol. The first kappa shape index (κ1) is 14.1. The number of alkyl halides is 3. The van der Waals surface area contributed by atoms with Gasteiger partial charge in [-0.1, -0.05) is 15.9 Å². The molecule has 100 valence electrons. The Hall–Kier alpha value is -1.34. The highest BCUT2D eigenvalue weighted by Gasteiger charge is 2.33. The van der Waals surface area contributed by atoms with E-state index < -0.39 is 17.6 Å². The highest BCUT2D eigenvalue weighted by molar-refractivity contribution is 9.10. The lowest BCUT2D eigenvalue weighted by Gasteiger charge is -2.11. The van der Waals surface area contributed by atoms with Crippen molar-refractivity contribution in [2.75, 3.05) is 5.32 Å². The van der Waals surface area contributed by atoms with E-state index in [0.29, 0.717) is 5.69 Å². The molecule has 1 heterocycles. The molecule has 2 nitrogen and oxygen atoms in total. The van der Waals surface area contributed by atoms with Gasteiger partial charge in [0, 0.05) is 15.4 Å². The van der Waals surface area contributed by atoms with Gasteiger partial charge in [0.15, 0.2) is 0 Å². The second-order valence-electron chi connectivity index (χ2n) is 3.66. The van der Waals surface area contributed by atoms with E-state index in [-0.39, 0.29) is 10.0 Å².